The maximum absolute atomic E-state index is 13.2. The monoisotopic (exact) mass is 294 g/mol. The highest BCUT2D eigenvalue weighted by atomic mass is 35.5. The molecule has 0 radical (unpaired) electrons. The molecule has 1 amide bonds. The second-order valence-corrected chi connectivity index (χ2v) is 4.28. The molecule has 1 heterocycles. The molecule has 0 saturated heterocycles. The Bertz CT molecular complexity index is 634. The van der Waals surface area contributed by atoms with Crippen molar-refractivity contribution in [1.82, 2.24) is 4.98 Å². The van der Waals surface area contributed by atoms with Gasteiger partial charge in [0.1, 0.15) is 16.7 Å². The summed E-state index contributed by atoms with van der Waals surface area (Å²) in [5, 5.41) is 2.87. The second kappa shape index (κ2) is 6.34. The van der Waals surface area contributed by atoms with E-state index in [9.17, 15) is 9.18 Å². The molecule has 0 atom stereocenters. The van der Waals surface area contributed by atoms with Gasteiger partial charge in [-0.2, -0.15) is 0 Å². The molecule has 0 bridgehead atoms. The summed E-state index contributed by atoms with van der Waals surface area (Å²) in [6.07, 6.45) is 1.44. The van der Waals surface area contributed by atoms with Crippen LogP contribution in [0.5, 0.6) is 5.75 Å². The first kappa shape index (κ1) is 14.3. The minimum atomic E-state index is -0.432. The van der Waals surface area contributed by atoms with E-state index in [4.69, 9.17) is 16.3 Å². The van der Waals surface area contributed by atoms with Gasteiger partial charge < -0.3 is 10.1 Å². The lowest BCUT2D eigenvalue weighted by molar-refractivity contribution is 0.102. The van der Waals surface area contributed by atoms with Crippen molar-refractivity contribution in [1.29, 1.82) is 0 Å². The first-order valence-corrected chi connectivity index (χ1v) is 6.33. The standard InChI is InChI=1S/C14H12ClFN2O2/c1-2-20-12-8-10(16)3-4-11(12)18-14(19)9-5-6-17-13(15)7-9/h3-8H,2H2,1H3,(H,18,19). The van der Waals surface area contributed by atoms with Gasteiger partial charge in [0.05, 0.1) is 12.3 Å². The van der Waals surface area contributed by atoms with Crippen LogP contribution in [-0.2, 0) is 0 Å². The Morgan fingerprint density at radius 3 is 2.90 bits per heavy atom. The topological polar surface area (TPSA) is 51.2 Å². The van der Waals surface area contributed by atoms with E-state index in [1.165, 1.54) is 36.5 Å². The normalized spacial score (nSPS) is 10.2. The fourth-order valence-electron chi connectivity index (χ4n) is 1.61. The van der Waals surface area contributed by atoms with Crippen LogP contribution in [0.25, 0.3) is 0 Å². The molecule has 20 heavy (non-hydrogen) atoms. The molecule has 0 fully saturated rings. The van der Waals surface area contributed by atoms with Crippen LogP contribution in [0.2, 0.25) is 5.15 Å². The molecule has 4 nitrogen and oxygen atoms in total. The molecule has 0 aliphatic rings. The SMILES string of the molecule is CCOc1cc(F)ccc1NC(=O)c1ccnc(Cl)c1. The largest absolute Gasteiger partial charge is 0.492 e. The zero-order chi connectivity index (χ0) is 14.5. The molecule has 0 spiro atoms. The van der Waals surface area contributed by atoms with Crippen LogP contribution in [0.1, 0.15) is 17.3 Å². The average molecular weight is 295 g/mol. The van der Waals surface area contributed by atoms with Crippen molar-refractivity contribution < 1.29 is 13.9 Å². The Balaban J connectivity index is 2.23. The van der Waals surface area contributed by atoms with Crippen molar-refractivity contribution in [3.05, 3.63) is 53.1 Å². The molecule has 0 aliphatic carbocycles. The summed E-state index contributed by atoms with van der Waals surface area (Å²) in [4.78, 5) is 15.9. The lowest BCUT2D eigenvalue weighted by Crippen LogP contribution is -2.13. The first-order chi connectivity index (χ1) is 9.60. The van der Waals surface area contributed by atoms with Crippen molar-refractivity contribution in [2.75, 3.05) is 11.9 Å². The van der Waals surface area contributed by atoms with Gasteiger partial charge in [-0.3, -0.25) is 4.79 Å². The van der Waals surface area contributed by atoms with Crippen LogP contribution >= 0.6 is 11.6 Å². The molecule has 0 aliphatic heterocycles. The number of nitrogens with zero attached hydrogens (tertiary/aromatic N) is 1. The van der Waals surface area contributed by atoms with Crippen LogP contribution < -0.4 is 10.1 Å². The maximum atomic E-state index is 13.2. The average Bonchev–Trinajstić information content (AvgIpc) is 2.42. The summed E-state index contributed by atoms with van der Waals surface area (Å²) in [6.45, 7) is 2.15. The van der Waals surface area contributed by atoms with E-state index in [1.54, 1.807) is 6.92 Å². The summed E-state index contributed by atoms with van der Waals surface area (Å²) in [5.74, 6) is -0.527. The molecule has 1 N–H and O–H groups in total. The molecule has 0 saturated carbocycles. The number of halogens is 2. The molecular weight excluding hydrogens is 283 g/mol. The first-order valence-electron chi connectivity index (χ1n) is 5.95. The van der Waals surface area contributed by atoms with Crippen molar-refractivity contribution in [2.24, 2.45) is 0 Å². The van der Waals surface area contributed by atoms with E-state index in [0.29, 0.717) is 17.9 Å². The minimum absolute atomic E-state index is 0.224. The van der Waals surface area contributed by atoms with Gasteiger partial charge in [0, 0.05) is 17.8 Å². The van der Waals surface area contributed by atoms with Crippen LogP contribution in [0, 0.1) is 5.82 Å². The summed E-state index contributed by atoms with van der Waals surface area (Å²) in [7, 11) is 0. The quantitative estimate of drug-likeness (QED) is 0.878. The molecule has 104 valence electrons. The predicted molar refractivity (Wildman–Crippen MR) is 74.8 cm³/mol. The van der Waals surface area contributed by atoms with Gasteiger partial charge in [0.15, 0.2) is 0 Å². The zero-order valence-corrected chi connectivity index (χ0v) is 11.4. The number of rotatable bonds is 4. The van der Waals surface area contributed by atoms with Gasteiger partial charge >= 0.3 is 0 Å². The van der Waals surface area contributed by atoms with Crippen LogP contribution in [0.4, 0.5) is 10.1 Å². The Morgan fingerprint density at radius 2 is 2.20 bits per heavy atom. The second-order valence-electron chi connectivity index (χ2n) is 3.89. The Hall–Kier alpha value is -2.14. The summed E-state index contributed by atoms with van der Waals surface area (Å²) in [5.41, 5.74) is 0.753. The van der Waals surface area contributed by atoms with Crippen LogP contribution in [0.3, 0.4) is 0 Å². The predicted octanol–water partition coefficient (Wildman–Crippen LogP) is 3.53. The summed E-state index contributed by atoms with van der Waals surface area (Å²) >= 11 is 5.73. The molecule has 1 aromatic heterocycles. The zero-order valence-electron chi connectivity index (χ0n) is 10.7. The van der Waals surface area contributed by atoms with Gasteiger partial charge in [-0.1, -0.05) is 11.6 Å². The molecule has 0 unspecified atom stereocenters. The minimum Gasteiger partial charge on any atom is -0.492 e. The smallest absolute Gasteiger partial charge is 0.255 e. The lowest BCUT2D eigenvalue weighted by atomic mass is 10.2. The number of hydrogen-bond donors (Lipinski definition) is 1. The van der Waals surface area contributed by atoms with E-state index in [2.05, 4.69) is 10.3 Å². The number of amides is 1. The molecular formula is C14H12ClFN2O2. The number of anilines is 1. The van der Waals surface area contributed by atoms with E-state index in [-0.39, 0.29) is 16.8 Å². The van der Waals surface area contributed by atoms with Gasteiger partial charge in [0.25, 0.3) is 5.91 Å². The lowest BCUT2D eigenvalue weighted by Gasteiger charge is -2.11. The maximum Gasteiger partial charge on any atom is 0.255 e. The van der Waals surface area contributed by atoms with Crippen molar-refractivity contribution >= 4 is 23.2 Å². The van der Waals surface area contributed by atoms with E-state index in [1.807, 2.05) is 0 Å². The molecule has 6 heteroatoms. The number of nitrogens with one attached hydrogen (secondary N) is 1. The highest BCUT2D eigenvalue weighted by molar-refractivity contribution is 6.29. The van der Waals surface area contributed by atoms with Gasteiger partial charge in [0.2, 0.25) is 0 Å². The third-order valence-electron chi connectivity index (χ3n) is 2.48. The number of carbonyl (C=O) groups is 1. The number of carbonyl (C=O) groups excluding carboxylic acids is 1. The number of hydrogen-bond acceptors (Lipinski definition) is 3. The van der Waals surface area contributed by atoms with Crippen LogP contribution in [0.15, 0.2) is 36.5 Å². The van der Waals surface area contributed by atoms with Crippen LogP contribution in [-0.4, -0.2) is 17.5 Å². The number of ether oxygens (including phenoxy) is 1. The number of benzene rings is 1. The number of aromatic nitrogens is 1. The third kappa shape index (κ3) is 3.45. The van der Waals surface area contributed by atoms with Crippen molar-refractivity contribution in [2.45, 2.75) is 6.92 Å². The molecule has 2 rings (SSSR count). The molecule has 1 aromatic carbocycles. The van der Waals surface area contributed by atoms with Crippen molar-refractivity contribution in [3.63, 3.8) is 0 Å². The van der Waals surface area contributed by atoms with E-state index in [0.717, 1.165) is 0 Å². The Morgan fingerprint density at radius 1 is 1.40 bits per heavy atom. The highest BCUT2D eigenvalue weighted by Gasteiger charge is 2.11. The Kier molecular flexibility index (Phi) is 4.53. The number of pyridine rings is 1. The summed E-state index contributed by atoms with van der Waals surface area (Å²) in [6, 6.07) is 6.89. The van der Waals surface area contributed by atoms with E-state index >= 15 is 0 Å². The Labute approximate surface area is 120 Å². The van der Waals surface area contributed by atoms with E-state index < -0.39 is 5.82 Å². The summed E-state index contributed by atoms with van der Waals surface area (Å²) < 4.78 is 18.5. The van der Waals surface area contributed by atoms with Crippen molar-refractivity contribution in [3.8, 4) is 5.75 Å². The fourth-order valence-corrected chi connectivity index (χ4v) is 1.79. The fraction of sp³-hybridized carbons (Fsp3) is 0.143. The van der Waals surface area contributed by atoms with Gasteiger partial charge in [-0.25, -0.2) is 9.37 Å². The van der Waals surface area contributed by atoms with Gasteiger partial charge in [-0.15, -0.1) is 0 Å². The van der Waals surface area contributed by atoms with Gasteiger partial charge in [-0.05, 0) is 31.2 Å². The highest BCUT2D eigenvalue weighted by Crippen LogP contribution is 2.26. The molecule has 2 aromatic rings. The third-order valence-corrected chi connectivity index (χ3v) is 2.69.